The van der Waals surface area contributed by atoms with E-state index in [0.717, 1.165) is 16.2 Å². The first-order valence-electron chi connectivity index (χ1n) is 6.92. The molecule has 1 aromatic rings. The van der Waals surface area contributed by atoms with Crippen LogP contribution < -0.4 is 10.6 Å². The number of hydrogen-bond donors (Lipinski definition) is 2. The Kier molecular flexibility index (Phi) is 4.69. The molecule has 4 amide bonds. The molecule has 1 saturated heterocycles. The minimum Gasteiger partial charge on any atom is -0.465 e. The standard InChI is InChI=1S/C14H17N3O5S/c1-4-14(2)12(20)17(13(21)16-14)7-9(18)15-8-5-6-23-10(8)11(19)22-3/h5-6H,4,7H2,1-3H3,(H,15,18)(H,16,21)/t14-/m0/s1. The summed E-state index contributed by atoms with van der Waals surface area (Å²) in [6, 6.07) is 0.949. The summed E-state index contributed by atoms with van der Waals surface area (Å²) in [6.07, 6.45) is 0.423. The monoisotopic (exact) mass is 339 g/mol. The van der Waals surface area contributed by atoms with Crippen LogP contribution in [0.3, 0.4) is 0 Å². The molecule has 9 heteroatoms. The number of amides is 4. The molecule has 1 aliphatic rings. The summed E-state index contributed by atoms with van der Waals surface area (Å²) in [5, 5.41) is 6.71. The van der Waals surface area contributed by atoms with Crippen LogP contribution in [-0.4, -0.2) is 47.9 Å². The van der Waals surface area contributed by atoms with E-state index in [1.165, 1.54) is 7.11 Å². The third-order valence-corrected chi connectivity index (χ3v) is 4.56. The van der Waals surface area contributed by atoms with Gasteiger partial charge in [0.1, 0.15) is 17.0 Å². The quantitative estimate of drug-likeness (QED) is 0.619. The van der Waals surface area contributed by atoms with E-state index in [1.807, 2.05) is 0 Å². The van der Waals surface area contributed by atoms with Crippen molar-refractivity contribution < 1.29 is 23.9 Å². The number of nitrogens with one attached hydrogen (secondary N) is 2. The summed E-state index contributed by atoms with van der Waals surface area (Å²) in [5.74, 6) is -1.58. The molecule has 0 aromatic carbocycles. The molecule has 23 heavy (non-hydrogen) atoms. The van der Waals surface area contributed by atoms with Gasteiger partial charge in [-0.2, -0.15) is 0 Å². The SMILES string of the molecule is CC[C@]1(C)NC(=O)N(CC(=O)Nc2ccsc2C(=O)OC)C1=O. The van der Waals surface area contributed by atoms with Crippen LogP contribution in [0.2, 0.25) is 0 Å². The number of rotatable bonds is 5. The molecule has 2 rings (SSSR count). The summed E-state index contributed by atoms with van der Waals surface area (Å²) in [7, 11) is 1.24. The van der Waals surface area contributed by atoms with Gasteiger partial charge in [-0.1, -0.05) is 6.92 Å². The normalized spacial score (nSPS) is 20.4. The minimum absolute atomic E-state index is 0.247. The van der Waals surface area contributed by atoms with Gasteiger partial charge in [0.2, 0.25) is 5.91 Å². The average Bonchev–Trinajstić information content (AvgIpc) is 3.05. The molecule has 1 fully saturated rings. The molecule has 1 aromatic heterocycles. The lowest BCUT2D eigenvalue weighted by Gasteiger charge is -2.19. The Morgan fingerprint density at radius 3 is 2.70 bits per heavy atom. The van der Waals surface area contributed by atoms with Crippen molar-refractivity contribution in [2.75, 3.05) is 19.0 Å². The van der Waals surface area contributed by atoms with Crippen molar-refractivity contribution in [3.8, 4) is 0 Å². The predicted octanol–water partition coefficient (Wildman–Crippen LogP) is 1.19. The highest BCUT2D eigenvalue weighted by molar-refractivity contribution is 7.12. The first-order valence-corrected chi connectivity index (χ1v) is 7.80. The van der Waals surface area contributed by atoms with Crippen LogP contribution in [-0.2, 0) is 14.3 Å². The van der Waals surface area contributed by atoms with Gasteiger partial charge in [0.15, 0.2) is 0 Å². The van der Waals surface area contributed by atoms with Gasteiger partial charge in [-0.05, 0) is 24.8 Å². The molecule has 0 radical (unpaired) electrons. The molecule has 8 nitrogen and oxygen atoms in total. The van der Waals surface area contributed by atoms with Gasteiger partial charge in [-0.3, -0.25) is 14.5 Å². The van der Waals surface area contributed by atoms with Crippen LogP contribution in [0.5, 0.6) is 0 Å². The first-order chi connectivity index (χ1) is 10.8. The van der Waals surface area contributed by atoms with Crippen molar-refractivity contribution in [2.45, 2.75) is 25.8 Å². The molecule has 2 N–H and O–H groups in total. The van der Waals surface area contributed by atoms with Gasteiger partial charge in [0.25, 0.3) is 5.91 Å². The van der Waals surface area contributed by atoms with E-state index < -0.39 is 35.9 Å². The molecule has 0 unspecified atom stereocenters. The van der Waals surface area contributed by atoms with Crippen molar-refractivity contribution in [3.63, 3.8) is 0 Å². The molecule has 0 saturated carbocycles. The zero-order valence-electron chi connectivity index (χ0n) is 13.0. The van der Waals surface area contributed by atoms with Crippen molar-refractivity contribution in [1.82, 2.24) is 10.2 Å². The minimum atomic E-state index is -0.989. The van der Waals surface area contributed by atoms with Gasteiger partial charge in [-0.15, -0.1) is 11.3 Å². The number of nitrogens with zero attached hydrogens (tertiary/aromatic N) is 1. The van der Waals surface area contributed by atoms with E-state index in [1.54, 1.807) is 25.3 Å². The highest BCUT2D eigenvalue weighted by Crippen LogP contribution is 2.24. The number of anilines is 1. The third kappa shape index (κ3) is 3.19. The maximum absolute atomic E-state index is 12.2. The van der Waals surface area contributed by atoms with Crippen LogP contribution in [0.25, 0.3) is 0 Å². The Labute approximate surface area is 136 Å². The van der Waals surface area contributed by atoms with Gasteiger partial charge in [-0.25, -0.2) is 9.59 Å². The Morgan fingerprint density at radius 2 is 2.13 bits per heavy atom. The molecule has 0 bridgehead atoms. The highest BCUT2D eigenvalue weighted by atomic mass is 32.1. The predicted molar refractivity (Wildman–Crippen MR) is 83.2 cm³/mol. The van der Waals surface area contributed by atoms with E-state index >= 15 is 0 Å². The zero-order valence-corrected chi connectivity index (χ0v) is 13.8. The summed E-state index contributed by atoms with van der Waals surface area (Å²) < 4.78 is 4.62. The summed E-state index contributed by atoms with van der Waals surface area (Å²) in [6.45, 7) is 2.96. The Bertz CT molecular complexity index is 671. The second-order valence-electron chi connectivity index (χ2n) is 5.21. The van der Waals surface area contributed by atoms with Gasteiger partial charge in [0.05, 0.1) is 12.8 Å². The second kappa shape index (κ2) is 6.37. The topological polar surface area (TPSA) is 105 Å². The van der Waals surface area contributed by atoms with E-state index in [2.05, 4.69) is 15.4 Å². The lowest BCUT2D eigenvalue weighted by atomic mass is 9.99. The lowest BCUT2D eigenvalue weighted by Crippen LogP contribution is -2.44. The largest absolute Gasteiger partial charge is 0.465 e. The van der Waals surface area contributed by atoms with Crippen molar-refractivity contribution in [2.24, 2.45) is 0 Å². The highest BCUT2D eigenvalue weighted by Gasteiger charge is 2.47. The second-order valence-corrected chi connectivity index (χ2v) is 6.13. The summed E-state index contributed by atoms with van der Waals surface area (Å²) in [5.41, 5.74) is -0.700. The van der Waals surface area contributed by atoms with Crippen molar-refractivity contribution in [1.29, 1.82) is 0 Å². The first kappa shape index (κ1) is 16.9. The van der Waals surface area contributed by atoms with Crippen molar-refractivity contribution in [3.05, 3.63) is 16.3 Å². The fraction of sp³-hybridized carbons (Fsp3) is 0.429. The van der Waals surface area contributed by atoms with Crippen molar-refractivity contribution >= 4 is 40.8 Å². The fourth-order valence-electron chi connectivity index (χ4n) is 2.12. The molecule has 1 atom stereocenters. The number of imide groups is 1. The van der Waals surface area contributed by atoms with E-state index in [0.29, 0.717) is 6.42 Å². The molecular weight excluding hydrogens is 322 g/mol. The number of methoxy groups -OCH3 is 1. The maximum atomic E-state index is 12.2. The van der Waals surface area contributed by atoms with E-state index in [4.69, 9.17) is 0 Å². The number of urea groups is 1. The van der Waals surface area contributed by atoms with E-state index in [9.17, 15) is 19.2 Å². The Morgan fingerprint density at radius 1 is 1.43 bits per heavy atom. The maximum Gasteiger partial charge on any atom is 0.350 e. The smallest absolute Gasteiger partial charge is 0.350 e. The summed E-state index contributed by atoms with van der Waals surface area (Å²) in [4.78, 5) is 48.8. The Hall–Kier alpha value is -2.42. The molecule has 2 heterocycles. The molecule has 1 aliphatic heterocycles. The third-order valence-electron chi connectivity index (χ3n) is 3.66. The van der Waals surface area contributed by atoms with Gasteiger partial charge >= 0.3 is 12.0 Å². The average molecular weight is 339 g/mol. The fourth-order valence-corrected chi connectivity index (χ4v) is 2.89. The number of ether oxygens (including phenoxy) is 1. The number of thiophene rings is 1. The van der Waals surface area contributed by atoms with Gasteiger partial charge in [0, 0.05) is 0 Å². The number of carbonyl (C=O) groups excluding carboxylic acids is 4. The molecule has 124 valence electrons. The van der Waals surface area contributed by atoms with Crippen LogP contribution in [0.4, 0.5) is 10.5 Å². The van der Waals surface area contributed by atoms with Crippen LogP contribution >= 0.6 is 11.3 Å². The molecule has 0 spiro atoms. The van der Waals surface area contributed by atoms with Gasteiger partial charge < -0.3 is 15.4 Å². The van der Waals surface area contributed by atoms with E-state index in [-0.39, 0.29) is 10.6 Å². The van der Waals surface area contributed by atoms with Crippen LogP contribution in [0.1, 0.15) is 29.9 Å². The van der Waals surface area contributed by atoms with Crippen LogP contribution in [0, 0.1) is 0 Å². The number of esters is 1. The van der Waals surface area contributed by atoms with Crippen LogP contribution in [0.15, 0.2) is 11.4 Å². The molecular formula is C14H17N3O5S. The molecule has 0 aliphatic carbocycles. The summed E-state index contributed by atoms with van der Waals surface area (Å²) >= 11 is 1.12. The Balaban J connectivity index is 2.06. The number of hydrogen-bond acceptors (Lipinski definition) is 6. The number of carbonyl (C=O) groups is 4. The zero-order chi connectivity index (χ0) is 17.2. The lowest BCUT2D eigenvalue weighted by molar-refractivity contribution is -0.133.